The van der Waals surface area contributed by atoms with Crippen LogP contribution in [0.25, 0.3) is 16.7 Å². The van der Waals surface area contributed by atoms with Crippen molar-refractivity contribution in [2.45, 2.75) is 18.9 Å². The Hall–Kier alpha value is -4.36. The van der Waals surface area contributed by atoms with E-state index in [4.69, 9.17) is 5.73 Å². The van der Waals surface area contributed by atoms with Gasteiger partial charge in [-0.05, 0) is 49.4 Å². The highest BCUT2D eigenvalue weighted by molar-refractivity contribution is 6.05. The SMILES string of the molecule is CC(O)(C#Cc1ccc2c(C(=O)N3CC4CC4C3)nn(-c3ccnc(N)n3)c2c1)c1ncccn1. The van der Waals surface area contributed by atoms with Crippen molar-refractivity contribution in [3.63, 3.8) is 0 Å². The molecule has 4 aromatic rings. The molecule has 1 aromatic carbocycles. The lowest BCUT2D eigenvalue weighted by atomic mass is 10.1. The fourth-order valence-corrected chi connectivity index (χ4v) is 4.52. The largest absolute Gasteiger partial charge is 0.371 e. The predicted octanol–water partition coefficient (Wildman–Crippen LogP) is 1.54. The van der Waals surface area contributed by atoms with Gasteiger partial charge in [0.25, 0.3) is 5.91 Å². The second-order valence-electron chi connectivity index (χ2n) is 9.13. The van der Waals surface area contributed by atoms with Gasteiger partial charge in [-0.3, -0.25) is 4.79 Å². The average molecular weight is 467 g/mol. The van der Waals surface area contributed by atoms with Crippen LogP contribution in [0.1, 0.15) is 35.2 Å². The van der Waals surface area contributed by atoms with Crippen LogP contribution in [0.3, 0.4) is 0 Å². The molecule has 174 valence electrons. The fourth-order valence-electron chi connectivity index (χ4n) is 4.52. The minimum atomic E-state index is -1.53. The van der Waals surface area contributed by atoms with E-state index in [0.717, 1.165) is 13.1 Å². The zero-order chi connectivity index (χ0) is 24.2. The van der Waals surface area contributed by atoms with Crippen LogP contribution < -0.4 is 5.73 Å². The van der Waals surface area contributed by atoms with Crippen LogP contribution in [-0.2, 0) is 5.60 Å². The molecule has 3 aromatic heterocycles. The molecule has 1 amide bonds. The van der Waals surface area contributed by atoms with Crippen LogP contribution in [0.5, 0.6) is 0 Å². The second-order valence-corrected chi connectivity index (χ2v) is 9.13. The van der Waals surface area contributed by atoms with Crippen LogP contribution in [-0.4, -0.2) is 58.7 Å². The number of rotatable bonds is 3. The number of benzene rings is 1. The van der Waals surface area contributed by atoms with Crippen molar-refractivity contribution in [2.24, 2.45) is 11.8 Å². The van der Waals surface area contributed by atoms with Crippen LogP contribution in [0.15, 0.2) is 48.9 Å². The van der Waals surface area contributed by atoms with E-state index in [1.165, 1.54) is 6.42 Å². The molecule has 0 bridgehead atoms. The highest BCUT2D eigenvalue weighted by Crippen LogP contribution is 2.45. The van der Waals surface area contributed by atoms with Crippen LogP contribution >= 0.6 is 0 Å². The third-order valence-electron chi connectivity index (χ3n) is 6.48. The number of carbonyl (C=O) groups is 1. The summed E-state index contributed by atoms with van der Waals surface area (Å²) in [6.45, 7) is 3.09. The molecule has 3 atom stereocenters. The van der Waals surface area contributed by atoms with E-state index in [0.29, 0.717) is 39.8 Å². The van der Waals surface area contributed by atoms with Crippen molar-refractivity contribution >= 4 is 22.8 Å². The Kier molecular flexibility index (Phi) is 4.76. The first-order chi connectivity index (χ1) is 16.9. The molecule has 2 aliphatic rings. The summed E-state index contributed by atoms with van der Waals surface area (Å²) in [7, 11) is 0. The molecule has 3 N–H and O–H groups in total. The summed E-state index contributed by atoms with van der Waals surface area (Å²) in [5.41, 5.74) is 5.91. The molecule has 1 aliphatic carbocycles. The topological polar surface area (TPSA) is 136 Å². The van der Waals surface area contributed by atoms with Crippen molar-refractivity contribution in [3.05, 3.63) is 66.0 Å². The smallest absolute Gasteiger partial charge is 0.275 e. The molecule has 10 nitrogen and oxygen atoms in total. The molecular formula is C25H22N8O2. The van der Waals surface area contributed by atoms with Gasteiger partial charge < -0.3 is 15.7 Å². The predicted molar refractivity (Wildman–Crippen MR) is 127 cm³/mol. The summed E-state index contributed by atoms with van der Waals surface area (Å²) in [6.07, 6.45) is 5.86. The Balaban J connectivity index is 1.43. The first-order valence-corrected chi connectivity index (χ1v) is 11.3. The molecule has 0 radical (unpaired) electrons. The molecule has 2 fully saturated rings. The number of fused-ring (bicyclic) bond motifs is 2. The maximum atomic E-state index is 13.4. The van der Waals surface area contributed by atoms with Crippen molar-refractivity contribution < 1.29 is 9.90 Å². The van der Waals surface area contributed by atoms with E-state index in [1.54, 1.807) is 48.4 Å². The number of nitrogens with two attached hydrogens (primary N) is 1. The Labute approximate surface area is 200 Å². The summed E-state index contributed by atoms with van der Waals surface area (Å²) in [5.74, 6) is 7.75. The molecule has 0 spiro atoms. The van der Waals surface area contributed by atoms with Crippen molar-refractivity contribution in [2.75, 3.05) is 18.8 Å². The van der Waals surface area contributed by atoms with E-state index in [1.807, 2.05) is 17.0 Å². The first-order valence-electron chi connectivity index (χ1n) is 11.3. The van der Waals surface area contributed by atoms with Crippen molar-refractivity contribution in [3.8, 4) is 17.7 Å². The van der Waals surface area contributed by atoms with Gasteiger partial charge in [-0.15, -0.1) is 0 Å². The number of hydrogen-bond acceptors (Lipinski definition) is 8. The molecule has 10 heteroatoms. The minimum Gasteiger partial charge on any atom is -0.371 e. The van der Waals surface area contributed by atoms with Gasteiger partial charge in [-0.25, -0.2) is 19.6 Å². The zero-order valence-corrected chi connectivity index (χ0v) is 19.0. The van der Waals surface area contributed by atoms with Gasteiger partial charge in [0.2, 0.25) is 5.95 Å². The van der Waals surface area contributed by atoms with Crippen LogP contribution in [0, 0.1) is 23.7 Å². The summed E-state index contributed by atoms with van der Waals surface area (Å²) in [4.78, 5) is 31.7. The van der Waals surface area contributed by atoms with Gasteiger partial charge in [0, 0.05) is 48.7 Å². The third kappa shape index (κ3) is 3.86. The number of aliphatic hydroxyl groups is 1. The van der Waals surface area contributed by atoms with Crippen molar-refractivity contribution in [1.82, 2.24) is 34.6 Å². The summed E-state index contributed by atoms with van der Waals surface area (Å²) >= 11 is 0. The number of amides is 1. The molecule has 1 saturated carbocycles. The van der Waals surface area contributed by atoms with Crippen LogP contribution in [0.4, 0.5) is 5.95 Å². The van der Waals surface area contributed by atoms with E-state index >= 15 is 0 Å². The standard InChI is InChI=1S/C25H22N8O2/c1-25(35,23-27-8-2-9-28-23)7-5-15-3-4-18-19(11-15)33(20-6-10-29-24(26)30-20)31-21(18)22(34)32-13-16-12-17(16)14-32/h2-4,6,8-11,16-17,35H,12-14H2,1H3,(H2,26,29,30). The lowest BCUT2D eigenvalue weighted by Crippen LogP contribution is -2.30. The monoisotopic (exact) mass is 466 g/mol. The number of anilines is 1. The minimum absolute atomic E-state index is 0.0917. The first kappa shape index (κ1) is 21.2. The Morgan fingerprint density at radius 2 is 1.91 bits per heavy atom. The van der Waals surface area contributed by atoms with Gasteiger partial charge in [0.15, 0.2) is 22.9 Å². The van der Waals surface area contributed by atoms with Crippen molar-refractivity contribution in [1.29, 1.82) is 0 Å². The summed E-state index contributed by atoms with van der Waals surface area (Å²) in [5, 5.41) is 16.1. The zero-order valence-electron chi connectivity index (χ0n) is 19.0. The fraction of sp³-hybridized carbons (Fsp3) is 0.280. The molecule has 1 aliphatic heterocycles. The number of piperidine rings is 1. The summed E-state index contributed by atoms with van der Waals surface area (Å²) < 4.78 is 1.58. The van der Waals surface area contributed by atoms with E-state index in [9.17, 15) is 9.90 Å². The summed E-state index contributed by atoms with van der Waals surface area (Å²) in [6, 6.07) is 8.79. The lowest BCUT2D eigenvalue weighted by Gasteiger charge is -2.16. The number of aromatic nitrogens is 6. The average Bonchev–Trinajstić information content (AvgIpc) is 3.30. The Morgan fingerprint density at radius 1 is 1.14 bits per heavy atom. The van der Waals surface area contributed by atoms with E-state index in [-0.39, 0.29) is 17.7 Å². The number of likely N-dealkylation sites (tertiary alicyclic amines) is 1. The highest BCUT2D eigenvalue weighted by Gasteiger charge is 2.47. The van der Waals surface area contributed by atoms with E-state index < -0.39 is 5.60 Å². The van der Waals surface area contributed by atoms with Gasteiger partial charge in [-0.1, -0.05) is 11.8 Å². The maximum absolute atomic E-state index is 13.4. The maximum Gasteiger partial charge on any atom is 0.275 e. The van der Waals surface area contributed by atoms with Gasteiger partial charge >= 0.3 is 0 Å². The molecular weight excluding hydrogens is 444 g/mol. The van der Waals surface area contributed by atoms with Gasteiger partial charge in [0.1, 0.15) is 0 Å². The molecule has 35 heavy (non-hydrogen) atoms. The number of carbonyl (C=O) groups excluding carboxylic acids is 1. The van der Waals surface area contributed by atoms with E-state index in [2.05, 4.69) is 36.9 Å². The lowest BCUT2D eigenvalue weighted by molar-refractivity contribution is 0.0771. The Bertz CT molecular complexity index is 1510. The second kappa shape index (κ2) is 7.85. The number of nitrogens with zero attached hydrogens (tertiary/aromatic N) is 7. The van der Waals surface area contributed by atoms with Gasteiger partial charge in [-0.2, -0.15) is 10.1 Å². The van der Waals surface area contributed by atoms with Gasteiger partial charge in [0.05, 0.1) is 5.52 Å². The molecule has 1 saturated heterocycles. The molecule has 6 rings (SSSR count). The quantitative estimate of drug-likeness (QED) is 0.434. The molecule has 3 unspecified atom stereocenters. The Morgan fingerprint density at radius 3 is 2.66 bits per heavy atom. The normalized spacial score (nSPS) is 20.1. The number of nitrogen functional groups attached to an aromatic ring is 1. The highest BCUT2D eigenvalue weighted by atomic mass is 16.3. The van der Waals surface area contributed by atoms with Crippen LogP contribution in [0.2, 0.25) is 0 Å². The third-order valence-corrected chi connectivity index (χ3v) is 6.48. The molecule has 4 heterocycles. The number of hydrogen-bond donors (Lipinski definition) is 2.